The lowest BCUT2D eigenvalue weighted by Crippen LogP contribution is -2.45. The molecule has 4 nitrogen and oxygen atoms in total. The SMILES string of the molecule is OCCN(CC1CCNCC1)C1CCOCC1. The van der Waals surface area contributed by atoms with E-state index in [0.717, 1.165) is 58.2 Å². The molecule has 0 radical (unpaired) electrons. The van der Waals surface area contributed by atoms with E-state index in [0.29, 0.717) is 6.04 Å². The molecule has 0 saturated carbocycles. The fourth-order valence-electron chi connectivity index (χ4n) is 3.00. The topological polar surface area (TPSA) is 44.7 Å². The van der Waals surface area contributed by atoms with Crippen LogP contribution in [0.5, 0.6) is 0 Å². The van der Waals surface area contributed by atoms with Crippen molar-refractivity contribution >= 4 is 0 Å². The quantitative estimate of drug-likeness (QED) is 0.735. The molecule has 0 aromatic carbocycles. The van der Waals surface area contributed by atoms with E-state index in [2.05, 4.69) is 10.2 Å². The molecule has 0 aliphatic carbocycles. The first-order valence-corrected chi connectivity index (χ1v) is 7.03. The monoisotopic (exact) mass is 242 g/mol. The maximum atomic E-state index is 9.21. The molecule has 0 unspecified atom stereocenters. The van der Waals surface area contributed by atoms with E-state index in [-0.39, 0.29) is 6.61 Å². The average Bonchev–Trinajstić information content (AvgIpc) is 2.40. The number of hydrogen-bond donors (Lipinski definition) is 2. The Bertz CT molecular complexity index is 202. The fraction of sp³-hybridized carbons (Fsp3) is 1.00. The summed E-state index contributed by atoms with van der Waals surface area (Å²) in [5.41, 5.74) is 0. The van der Waals surface area contributed by atoms with Gasteiger partial charge in [0.25, 0.3) is 0 Å². The van der Waals surface area contributed by atoms with Gasteiger partial charge in [-0.3, -0.25) is 4.90 Å². The number of nitrogens with zero attached hydrogens (tertiary/aromatic N) is 1. The van der Waals surface area contributed by atoms with Crippen LogP contribution in [-0.4, -0.2) is 62.0 Å². The third-order valence-corrected chi connectivity index (χ3v) is 4.05. The molecule has 2 rings (SSSR count). The van der Waals surface area contributed by atoms with Crippen molar-refractivity contribution in [3.63, 3.8) is 0 Å². The zero-order valence-corrected chi connectivity index (χ0v) is 10.7. The van der Waals surface area contributed by atoms with E-state index in [1.54, 1.807) is 0 Å². The Hall–Kier alpha value is -0.160. The van der Waals surface area contributed by atoms with Crippen LogP contribution in [0.15, 0.2) is 0 Å². The first kappa shape index (κ1) is 13.3. The van der Waals surface area contributed by atoms with Crippen LogP contribution in [0.4, 0.5) is 0 Å². The normalized spacial score (nSPS) is 24.4. The molecule has 2 heterocycles. The highest BCUT2D eigenvalue weighted by Gasteiger charge is 2.24. The molecule has 2 saturated heterocycles. The molecule has 0 spiro atoms. The van der Waals surface area contributed by atoms with Crippen molar-refractivity contribution in [2.45, 2.75) is 31.7 Å². The smallest absolute Gasteiger partial charge is 0.0558 e. The summed E-state index contributed by atoms with van der Waals surface area (Å²) in [6.45, 7) is 6.36. The molecule has 2 N–H and O–H groups in total. The zero-order valence-electron chi connectivity index (χ0n) is 10.7. The molecule has 0 bridgehead atoms. The van der Waals surface area contributed by atoms with Crippen LogP contribution in [0.3, 0.4) is 0 Å². The fourth-order valence-corrected chi connectivity index (χ4v) is 3.00. The van der Waals surface area contributed by atoms with Crippen molar-refractivity contribution in [3.05, 3.63) is 0 Å². The van der Waals surface area contributed by atoms with Crippen molar-refractivity contribution in [1.82, 2.24) is 10.2 Å². The van der Waals surface area contributed by atoms with Crippen LogP contribution in [-0.2, 0) is 4.74 Å². The highest BCUT2D eigenvalue weighted by atomic mass is 16.5. The van der Waals surface area contributed by atoms with Crippen LogP contribution in [0, 0.1) is 5.92 Å². The maximum Gasteiger partial charge on any atom is 0.0558 e. The molecule has 0 amide bonds. The molecular weight excluding hydrogens is 216 g/mol. The van der Waals surface area contributed by atoms with Gasteiger partial charge < -0.3 is 15.2 Å². The van der Waals surface area contributed by atoms with Gasteiger partial charge in [-0.05, 0) is 44.7 Å². The second kappa shape index (κ2) is 7.31. The highest BCUT2D eigenvalue weighted by molar-refractivity contribution is 4.79. The summed E-state index contributed by atoms with van der Waals surface area (Å²) in [5.74, 6) is 0.811. The molecule has 0 aromatic heterocycles. The largest absolute Gasteiger partial charge is 0.395 e. The van der Waals surface area contributed by atoms with E-state index in [1.165, 1.54) is 12.8 Å². The van der Waals surface area contributed by atoms with E-state index < -0.39 is 0 Å². The minimum absolute atomic E-state index is 0.280. The lowest BCUT2D eigenvalue weighted by Gasteiger charge is -2.37. The Morgan fingerprint density at radius 2 is 1.82 bits per heavy atom. The second-order valence-corrected chi connectivity index (χ2v) is 5.26. The van der Waals surface area contributed by atoms with Gasteiger partial charge in [-0.1, -0.05) is 0 Å². The van der Waals surface area contributed by atoms with E-state index in [4.69, 9.17) is 4.74 Å². The summed E-state index contributed by atoms with van der Waals surface area (Å²) in [6, 6.07) is 0.630. The third kappa shape index (κ3) is 4.21. The highest BCUT2D eigenvalue weighted by Crippen LogP contribution is 2.19. The summed E-state index contributed by atoms with van der Waals surface area (Å²) in [5, 5.41) is 12.6. The van der Waals surface area contributed by atoms with Gasteiger partial charge in [-0.15, -0.1) is 0 Å². The van der Waals surface area contributed by atoms with Gasteiger partial charge in [0.05, 0.1) is 6.61 Å². The van der Waals surface area contributed by atoms with Crippen molar-refractivity contribution in [1.29, 1.82) is 0 Å². The van der Waals surface area contributed by atoms with Crippen molar-refractivity contribution in [2.24, 2.45) is 5.92 Å². The number of aliphatic hydroxyl groups excluding tert-OH is 1. The molecule has 0 atom stereocenters. The Balaban J connectivity index is 1.81. The van der Waals surface area contributed by atoms with Crippen LogP contribution in [0.25, 0.3) is 0 Å². The second-order valence-electron chi connectivity index (χ2n) is 5.26. The minimum atomic E-state index is 0.280. The summed E-state index contributed by atoms with van der Waals surface area (Å²) < 4.78 is 5.42. The van der Waals surface area contributed by atoms with Gasteiger partial charge >= 0.3 is 0 Å². The standard InChI is InChI=1S/C13H26N2O2/c16-8-7-15(13-3-9-17-10-4-13)11-12-1-5-14-6-2-12/h12-14,16H,1-11H2. The molecule has 4 heteroatoms. The minimum Gasteiger partial charge on any atom is -0.395 e. The summed E-state index contributed by atoms with van der Waals surface area (Å²) in [4.78, 5) is 2.50. The lowest BCUT2D eigenvalue weighted by molar-refractivity contribution is 0.0201. The first-order chi connectivity index (χ1) is 8.40. The Morgan fingerprint density at radius 3 is 2.47 bits per heavy atom. The van der Waals surface area contributed by atoms with Gasteiger partial charge in [0.15, 0.2) is 0 Å². The average molecular weight is 242 g/mol. The number of ether oxygens (including phenoxy) is 1. The molecule has 17 heavy (non-hydrogen) atoms. The Labute approximate surface area is 104 Å². The molecule has 0 aromatic rings. The van der Waals surface area contributed by atoms with E-state index >= 15 is 0 Å². The van der Waals surface area contributed by atoms with Gasteiger partial charge in [-0.25, -0.2) is 0 Å². The summed E-state index contributed by atoms with van der Waals surface area (Å²) in [7, 11) is 0. The number of piperidine rings is 1. The molecule has 2 fully saturated rings. The Kier molecular flexibility index (Phi) is 5.71. The molecule has 100 valence electrons. The molecule has 2 aliphatic heterocycles. The Morgan fingerprint density at radius 1 is 1.12 bits per heavy atom. The summed E-state index contributed by atoms with van der Waals surface area (Å²) >= 11 is 0. The predicted octanol–water partition coefficient (Wildman–Crippen LogP) is 0.459. The van der Waals surface area contributed by atoms with Crippen LogP contribution >= 0.6 is 0 Å². The molecule has 2 aliphatic rings. The van der Waals surface area contributed by atoms with Crippen LogP contribution < -0.4 is 5.32 Å². The lowest BCUT2D eigenvalue weighted by atomic mass is 9.96. The van der Waals surface area contributed by atoms with Crippen molar-refractivity contribution < 1.29 is 9.84 Å². The van der Waals surface area contributed by atoms with Gasteiger partial charge in [0.2, 0.25) is 0 Å². The van der Waals surface area contributed by atoms with Gasteiger partial charge in [0.1, 0.15) is 0 Å². The van der Waals surface area contributed by atoms with E-state index in [9.17, 15) is 5.11 Å². The number of rotatable bonds is 5. The predicted molar refractivity (Wildman–Crippen MR) is 68.1 cm³/mol. The number of nitrogens with one attached hydrogen (secondary N) is 1. The van der Waals surface area contributed by atoms with Crippen molar-refractivity contribution in [3.8, 4) is 0 Å². The number of aliphatic hydroxyl groups is 1. The third-order valence-electron chi connectivity index (χ3n) is 4.05. The maximum absolute atomic E-state index is 9.21. The van der Waals surface area contributed by atoms with Gasteiger partial charge in [0, 0.05) is 32.3 Å². The van der Waals surface area contributed by atoms with Crippen LogP contribution in [0.1, 0.15) is 25.7 Å². The molecular formula is C13H26N2O2. The number of hydrogen-bond acceptors (Lipinski definition) is 4. The van der Waals surface area contributed by atoms with E-state index in [1.807, 2.05) is 0 Å². The van der Waals surface area contributed by atoms with Gasteiger partial charge in [-0.2, -0.15) is 0 Å². The first-order valence-electron chi connectivity index (χ1n) is 7.03. The van der Waals surface area contributed by atoms with Crippen molar-refractivity contribution in [2.75, 3.05) is 46.0 Å². The van der Waals surface area contributed by atoms with Crippen LogP contribution in [0.2, 0.25) is 0 Å². The zero-order chi connectivity index (χ0) is 11.9. The summed E-state index contributed by atoms with van der Waals surface area (Å²) in [6.07, 6.45) is 4.83.